The van der Waals surface area contributed by atoms with Gasteiger partial charge in [-0.05, 0) is 42.7 Å². The maximum Gasteiger partial charge on any atom is 0.160 e. The summed E-state index contributed by atoms with van der Waals surface area (Å²) in [6, 6.07) is 9.77. The van der Waals surface area contributed by atoms with E-state index in [1.807, 2.05) is 30.3 Å². The number of rotatable bonds is 7. The molecule has 0 spiro atoms. The summed E-state index contributed by atoms with van der Waals surface area (Å²) in [5.74, 6) is 2.45. The molecule has 2 rings (SSSR count). The molecule has 0 aliphatic heterocycles. The molecule has 4 heteroatoms. The first-order valence-electron chi connectivity index (χ1n) is 6.60. The summed E-state index contributed by atoms with van der Waals surface area (Å²) in [6.45, 7) is 0. The first-order valence-corrected chi connectivity index (χ1v) is 7.04. The number of ether oxygens (including phenoxy) is 2. The van der Waals surface area contributed by atoms with E-state index in [-0.39, 0.29) is 5.38 Å². The summed E-state index contributed by atoms with van der Waals surface area (Å²) in [5, 5.41) is 0.0678. The summed E-state index contributed by atoms with van der Waals surface area (Å²) in [5.41, 5.74) is 1.14. The smallest absolute Gasteiger partial charge is 0.160 e. The van der Waals surface area contributed by atoms with Gasteiger partial charge in [-0.25, -0.2) is 0 Å². The van der Waals surface area contributed by atoms with Crippen LogP contribution in [0, 0.1) is 0 Å². The van der Waals surface area contributed by atoms with Gasteiger partial charge in [-0.3, -0.25) is 0 Å². The molecule has 0 N–H and O–H groups in total. The lowest BCUT2D eigenvalue weighted by Crippen LogP contribution is -2.05. The zero-order chi connectivity index (χ0) is 14.4. The Kier molecular flexibility index (Phi) is 5.36. The highest BCUT2D eigenvalue weighted by Crippen LogP contribution is 2.28. The van der Waals surface area contributed by atoms with Crippen LogP contribution in [-0.4, -0.2) is 19.6 Å². The molecule has 108 valence electrons. The second kappa shape index (κ2) is 7.25. The Bertz CT molecular complexity index is 523. The number of furan rings is 1. The van der Waals surface area contributed by atoms with E-state index in [1.54, 1.807) is 20.5 Å². The average Bonchev–Trinajstić information content (AvgIpc) is 2.98. The van der Waals surface area contributed by atoms with E-state index in [0.717, 1.165) is 42.1 Å². The van der Waals surface area contributed by atoms with Crippen molar-refractivity contribution in [1.29, 1.82) is 0 Å². The molecule has 1 aromatic heterocycles. The number of benzene rings is 1. The van der Waals surface area contributed by atoms with Crippen molar-refractivity contribution in [3.8, 4) is 11.5 Å². The Labute approximate surface area is 124 Å². The molecule has 0 saturated heterocycles. The quantitative estimate of drug-likeness (QED) is 0.721. The van der Waals surface area contributed by atoms with Gasteiger partial charge in [0.2, 0.25) is 0 Å². The van der Waals surface area contributed by atoms with Gasteiger partial charge in [0.05, 0.1) is 20.5 Å². The number of methoxy groups -OCH3 is 2. The predicted molar refractivity (Wildman–Crippen MR) is 79.9 cm³/mol. The van der Waals surface area contributed by atoms with Gasteiger partial charge in [-0.15, -0.1) is 11.6 Å². The van der Waals surface area contributed by atoms with Crippen molar-refractivity contribution in [3.63, 3.8) is 0 Å². The highest BCUT2D eigenvalue weighted by Gasteiger charge is 2.10. The standard InChI is InChI=1S/C16H19ClO3/c1-18-15-8-5-12(11-16(15)19-2)10-13(17)6-7-14-4-3-9-20-14/h3-5,8-9,11,13H,6-7,10H2,1-2H3. The second-order valence-corrected chi connectivity index (χ2v) is 5.23. The van der Waals surface area contributed by atoms with Crippen LogP contribution in [0.5, 0.6) is 11.5 Å². The number of halogens is 1. The van der Waals surface area contributed by atoms with E-state index in [2.05, 4.69) is 0 Å². The van der Waals surface area contributed by atoms with Crippen LogP contribution in [0.4, 0.5) is 0 Å². The van der Waals surface area contributed by atoms with Crippen molar-refractivity contribution in [2.24, 2.45) is 0 Å². The molecule has 0 fully saturated rings. The molecule has 1 atom stereocenters. The monoisotopic (exact) mass is 294 g/mol. The number of hydrogen-bond donors (Lipinski definition) is 0. The van der Waals surface area contributed by atoms with E-state index >= 15 is 0 Å². The number of hydrogen-bond acceptors (Lipinski definition) is 3. The van der Waals surface area contributed by atoms with Crippen LogP contribution in [0.15, 0.2) is 41.0 Å². The van der Waals surface area contributed by atoms with Crippen molar-refractivity contribution in [3.05, 3.63) is 47.9 Å². The minimum Gasteiger partial charge on any atom is -0.493 e. The van der Waals surface area contributed by atoms with Crippen molar-refractivity contribution in [2.45, 2.75) is 24.6 Å². The molecular formula is C16H19ClO3. The molecule has 20 heavy (non-hydrogen) atoms. The molecule has 0 amide bonds. The zero-order valence-corrected chi connectivity index (χ0v) is 12.5. The molecule has 2 aromatic rings. The third kappa shape index (κ3) is 3.94. The first kappa shape index (κ1) is 14.8. The Morgan fingerprint density at radius 2 is 1.95 bits per heavy atom. The Morgan fingerprint density at radius 1 is 1.15 bits per heavy atom. The van der Waals surface area contributed by atoms with Crippen molar-refractivity contribution < 1.29 is 13.9 Å². The van der Waals surface area contributed by atoms with Gasteiger partial charge in [0.1, 0.15) is 5.76 Å². The van der Waals surface area contributed by atoms with Crippen molar-refractivity contribution in [1.82, 2.24) is 0 Å². The minimum absolute atomic E-state index is 0.0678. The van der Waals surface area contributed by atoms with Crippen LogP contribution in [-0.2, 0) is 12.8 Å². The van der Waals surface area contributed by atoms with Gasteiger partial charge in [-0.2, -0.15) is 0 Å². The Morgan fingerprint density at radius 3 is 2.60 bits per heavy atom. The third-order valence-electron chi connectivity index (χ3n) is 3.19. The SMILES string of the molecule is COc1ccc(CC(Cl)CCc2ccco2)cc1OC. The maximum atomic E-state index is 6.39. The molecule has 0 aliphatic carbocycles. The van der Waals surface area contributed by atoms with Crippen LogP contribution in [0.25, 0.3) is 0 Å². The molecule has 0 aliphatic rings. The fourth-order valence-corrected chi connectivity index (χ4v) is 2.41. The van der Waals surface area contributed by atoms with E-state index < -0.39 is 0 Å². The van der Waals surface area contributed by atoms with Crippen molar-refractivity contribution >= 4 is 11.6 Å². The number of aryl methyl sites for hydroxylation is 1. The van der Waals surface area contributed by atoms with Gasteiger partial charge in [-0.1, -0.05) is 6.07 Å². The van der Waals surface area contributed by atoms with Gasteiger partial charge in [0.15, 0.2) is 11.5 Å². The van der Waals surface area contributed by atoms with Gasteiger partial charge >= 0.3 is 0 Å². The van der Waals surface area contributed by atoms with Crippen LogP contribution in [0.2, 0.25) is 0 Å². The third-order valence-corrected chi connectivity index (χ3v) is 3.56. The van der Waals surface area contributed by atoms with Crippen LogP contribution < -0.4 is 9.47 Å². The normalized spacial score (nSPS) is 12.2. The summed E-state index contributed by atoms with van der Waals surface area (Å²) in [7, 11) is 3.27. The van der Waals surface area contributed by atoms with Crippen LogP contribution in [0.3, 0.4) is 0 Å². The lowest BCUT2D eigenvalue weighted by atomic mass is 10.1. The summed E-state index contributed by atoms with van der Waals surface area (Å²) in [6.07, 6.45) is 4.22. The lowest BCUT2D eigenvalue weighted by Gasteiger charge is -2.12. The molecule has 3 nitrogen and oxygen atoms in total. The fraction of sp³-hybridized carbons (Fsp3) is 0.375. The highest BCUT2D eigenvalue weighted by atomic mass is 35.5. The van der Waals surface area contributed by atoms with Gasteiger partial charge in [0, 0.05) is 11.8 Å². The molecule has 0 radical (unpaired) electrons. The van der Waals surface area contributed by atoms with Gasteiger partial charge < -0.3 is 13.9 Å². The molecule has 0 bridgehead atoms. The first-order chi connectivity index (χ1) is 9.72. The topological polar surface area (TPSA) is 31.6 Å². The predicted octanol–water partition coefficient (Wildman–Crippen LogP) is 4.08. The fourth-order valence-electron chi connectivity index (χ4n) is 2.12. The van der Waals surface area contributed by atoms with Crippen LogP contribution >= 0.6 is 11.6 Å². The van der Waals surface area contributed by atoms with Gasteiger partial charge in [0.25, 0.3) is 0 Å². The molecule has 0 saturated carbocycles. The lowest BCUT2D eigenvalue weighted by molar-refractivity contribution is 0.354. The summed E-state index contributed by atoms with van der Waals surface area (Å²) < 4.78 is 15.8. The Balaban J connectivity index is 1.91. The highest BCUT2D eigenvalue weighted by molar-refractivity contribution is 6.20. The van der Waals surface area contributed by atoms with E-state index in [4.69, 9.17) is 25.5 Å². The molecule has 1 unspecified atom stereocenters. The number of alkyl halides is 1. The summed E-state index contributed by atoms with van der Waals surface area (Å²) in [4.78, 5) is 0. The average molecular weight is 295 g/mol. The maximum absolute atomic E-state index is 6.39. The zero-order valence-electron chi connectivity index (χ0n) is 11.8. The molecule has 1 heterocycles. The van der Waals surface area contributed by atoms with E-state index in [0.29, 0.717) is 0 Å². The largest absolute Gasteiger partial charge is 0.493 e. The van der Waals surface area contributed by atoms with Crippen molar-refractivity contribution in [2.75, 3.05) is 14.2 Å². The molecular weight excluding hydrogens is 276 g/mol. The minimum atomic E-state index is 0.0678. The second-order valence-electron chi connectivity index (χ2n) is 4.61. The van der Waals surface area contributed by atoms with E-state index in [1.165, 1.54) is 0 Å². The molecule has 1 aromatic carbocycles. The van der Waals surface area contributed by atoms with E-state index in [9.17, 15) is 0 Å². The van der Waals surface area contributed by atoms with Crippen LogP contribution in [0.1, 0.15) is 17.7 Å². The Hall–Kier alpha value is -1.61. The summed E-state index contributed by atoms with van der Waals surface area (Å²) >= 11 is 6.39.